The van der Waals surface area contributed by atoms with Gasteiger partial charge in [-0.2, -0.15) is 0 Å². The minimum Gasteiger partial charge on any atom is -0.394 e. The van der Waals surface area contributed by atoms with Gasteiger partial charge < -0.3 is 15.5 Å². The Morgan fingerprint density at radius 3 is 0.779 bits per heavy atom. The van der Waals surface area contributed by atoms with Crippen molar-refractivity contribution in [2.75, 3.05) is 6.61 Å². The van der Waals surface area contributed by atoms with Gasteiger partial charge in [0.15, 0.2) is 0 Å². The van der Waals surface area contributed by atoms with Crippen LogP contribution in [0.2, 0.25) is 0 Å². The summed E-state index contributed by atoms with van der Waals surface area (Å²) in [5, 5.41) is 23.5. The van der Waals surface area contributed by atoms with Crippen molar-refractivity contribution in [3.05, 3.63) is 24.3 Å². The molecule has 0 aliphatic rings. The summed E-state index contributed by atoms with van der Waals surface area (Å²) in [4.78, 5) is 12.6. The fraction of sp³-hybridized carbons (Fsp3) is 0.932. The molecule has 1 amide bonds. The quantitative estimate of drug-likeness (QED) is 0.0420. The molecule has 0 rings (SSSR count). The summed E-state index contributed by atoms with van der Waals surface area (Å²) in [7, 11) is 0. The molecule has 0 aromatic heterocycles. The average molecular weight is 1080 g/mol. The van der Waals surface area contributed by atoms with E-state index in [9.17, 15) is 15.0 Å². The summed E-state index contributed by atoms with van der Waals surface area (Å²) >= 11 is 0. The van der Waals surface area contributed by atoms with Gasteiger partial charge in [0, 0.05) is 6.42 Å². The Kier molecular flexibility index (Phi) is 68.1. The summed E-state index contributed by atoms with van der Waals surface area (Å²) in [6.07, 6.45) is 93.9. The highest BCUT2D eigenvalue weighted by Crippen LogP contribution is 2.20. The number of hydrogen-bond donors (Lipinski definition) is 3. The molecular weight excluding hydrogens is 939 g/mol. The molecule has 2 unspecified atom stereocenters. The Morgan fingerprint density at radius 1 is 0.312 bits per heavy atom. The van der Waals surface area contributed by atoms with E-state index in [1.54, 1.807) is 0 Å². The SMILES string of the molecule is CCCCCCC/C=C\C/C=C\CCCCCCCCCCCCCCCCCCCCCCCCCCCC(=O)NC(CO)C(O)CCCCCCCCCCCCCCCCCCCCCCCCCCCCCC. The molecule has 0 aliphatic heterocycles. The summed E-state index contributed by atoms with van der Waals surface area (Å²) < 4.78 is 0. The zero-order valence-electron chi connectivity index (χ0n) is 53.0. The predicted molar refractivity (Wildman–Crippen MR) is 346 cm³/mol. The number of rotatable bonds is 68. The van der Waals surface area contributed by atoms with Crippen molar-refractivity contribution in [3.8, 4) is 0 Å². The lowest BCUT2D eigenvalue weighted by Crippen LogP contribution is -2.45. The molecule has 0 aliphatic carbocycles. The lowest BCUT2D eigenvalue weighted by Gasteiger charge is -2.22. The van der Waals surface area contributed by atoms with Gasteiger partial charge in [-0.05, 0) is 44.9 Å². The van der Waals surface area contributed by atoms with E-state index in [2.05, 4.69) is 43.5 Å². The zero-order valence-corrected chi connectivity index (χ0v) is 53.0. The third-order valence-electron chi connectivity index (χ3n) is 17.2. The number of unbranched alkanes of at least 4 members (excludes halogenated alkanes) is 57. The summed E-state index contributed by atoms with van der Waals surface area (Å²) in [6, 6.07) is -0.535. The second-order valence-corrected chi connectivity index (χ2v) is 25.0. The van der Waals surface area contributed by atoms with Crippen molar-refractivity contribution >= 4 is 5.91 Å². The second kappa shape index (κ2) is 69.1. The van der Waals surface area contributed by atoms with Crippen LogP contribution in [0.5, 0.6) is 0 Å². The van der Waals surface area contributed by atoms with Gasteiger partial charge in [0.1, 0.15) is 0 Å². The highest BCUT2D eigenvalue weighted by molar-refractivity contribution is 5.76. The third kappa shape index (κ3) is 65.6. The maximum absolute atomic E-state index is 12.6. The van der Waals surface area contributed by atoms with Crippen LogP contribution in [0.3, 0.4) is 0 Å². The van der Waals surface area contributed by atoms with E-state index in [0.717, 1.165) is 32.1 Å². The van der Waals surface area contributed by atoms with E-state index in [4.69, 9.17) is 0 Å². The molecule has 0 fully saturated rings. The first-order valence-electron chi connectivity index (χ1n) is 36.0. The van der Waals surface area contributed by atoms with Crippen LogP contribution < -0.4 is 5.32 Å². The van der Waals surface area contributed by atoms with Crippen LogP contribution in [-0.2, 0) is 4.79 Å². The van der Waals surface area contributed by atoms with Gasteiger partial charge >= 0.3 is 0 Å². The minimum absolute atomic E-state index is 0.0208. The third-order valence-corrected chi connectivity index (χ3v) is 17.2. The van der Waals surface area contributed by atoms with E-state index in [1.807, 2.05) is 0 Å². The molecule has 4 heteroatoms. The fourth-order valence-corrected chi connectivity index (χ4v) is 11.8. The number of nitrogens with one attached hydrogen (secondary N) is 1. The Balaban J connectivity index is 3.36. The topological polar surface area (TPSA) is 69.6 Å². The molecule has 0 saturated carbocycles. The van der Waals surface area contributed by atoms with Gasteiger partial charge in [0.05, 0.1) is 18.8 Å². The maximum Gasteiger partial charge on any atom is 0.220 e. The molecular formula is C73H143NO3. The van der Waals surface area contributed by atoms with E-state index >= 15 is 0 Å². The second-order valence-electron chi connectivity index (χ2n) is 25.0. The molecule has 0 heterocycles. The summed E-state index contributed by atoms with van der Waals surface area (Å²) in [5.41, 5.74) is 0. The molecule has 4 nitrogen and oxygen atoms in total. The molecule has 3 N–H and O–H groups in total. The summed E-state index contributed by atoms with van der Waals surface area (Å²) in [6.45, 7) is 4.40. The van der Waals surface area contributed by atoms with Crippen molar-refractivity contribution in [2.24, 2.45) is 0 Å². The van der Waals surface area contributed by atoms with Crippen molar-refractivity contribution in [3.63, 3.8) is 0 Å². The van der Waals surface area contributed by atoms with Crippen LogP contribution in [0.25, 0.3) is 0 Å². The standard InChI is InChI=1S/C73H143NO3/c1-3-5-7-9-11-13-15-17-19-21-23-25-27-29-31-33-34-35-36-37-38-39-40-41-43-45-47-49-51-53-55-57-59-61-63-65-67-69-73(77)74-71(70-75)72(76)68-66-64-62-60-58-56-54-52-50-48-46-44-42-32-30-28-26-24-22-20-18-16-14-12-10-8-6-4-2/h15,17,21,23,71-72,75-76H,3-14,16,18-20,22,24-70H2,1-2H3,(H,74,77)/b17-15-,23-21-. The van der Waals surface area contributed by atoms with E-state index in [1.165, 1.54) is 360 Å². The monoisotopic (exact) mass is 1080 g/mol. The average Bonchev–Trinajstić information content (AvgIpc) is 3.43. The normalized spacial score (nSPS) is 12.7. The van der Waals surface area contributed by atoms with Crippen LogP contribution in [0, 0.1) is 0 Å². The largest absolute Gasteiger partial charge is 0.394 e. The highest BCUT2D eigenvalue weighted by Gasteiger charge is 2.20. The number of carbonyl (C=O) groups excluding carboxylic acids is 1. The van der Waals surface area contributed by atoms with Crippen LogP contribution in [0.1, 0.15) is 418 Å². The first-order chi connectivity index (χ1) is 38.2. The smallest absolute Gasteiger partial charge is 0.220 e. The van der Waals surface area contributed by atoms with Gasteiger partial charge in [0.2, 0.25) is 5.91 Å². The van der Waals surface area contributed by atoms with Crippen molar-refractivity contribution in [2.45, 2.75) is 431 Å². The highest BCUT2D eigenvalue weighted by atomic mass is 16.3. The lowest BCUT2D eigenvalue weighted by atomic mass is 10.0. The van der Waals surface area contributed by atoms with Gasteiger partial charge in [-0.25, -0.2) is 0 Å². The molecule has 0 aromatic rings. The Bertz CT molecular complexity index is 1140. The molecule has 0 spiro atoms. The van der Waals surface area contributed by atoms with E-state index in [-0.39, 0.29) is 12.5 Å². The molecule has 2 atom stereocenters. The minimum atomic E-state index is -0.658. The molecule has 0 radical (unpaired) electrons. The number of amides is 1. The number of aliphatic hydroxyl groups is 2. The van der Waals surface area contributed by atoms with Gasteiger partial charge in [0.25, 0.3) is 0 Å². The van der Waals surface area contributed by atoms with Crippen molar-refractivity contribution < 1.29 is 15.0 Å². The van der Waals surface area contributed by atoms with Crippen LogP contribution in [0.4, 0.5) is 0 Å². The van der Waals surface area contributed by atoms with E-state index in [0.29, 0.717) is 12.8 Å². The zero-order chi connectivity index (χ0) is 55.5. The van der Waals surface area contributed by atoms with Crippen molar-refractivity contribution in [1.29, 1.82) is 0 Å². The summed E-state index contributed by atoms with van der Waals surface area (Å²) in [5.74, 6) is -0.0208. The lowest BCUT2D eigenvalue weighted by molar-refractivity contribution is -0.123. The van der Waals surface area contributed by atoms with Crippen LogP contribution in [0.15, 0.2) is 24.3 Å². The fourth-order valence-electron chi connectivity index (χ4n) is 11.8. The number of allylic oxidation sites excluding steroid dienone is 4. The first kappa shape index (κ1) is 75.9. The molecule has 458 valence electrons. The predicted octanol–water partition coefficient (Wildman–Crippen LogP) is 24.6. The molecule has 0 bridgehead atoms. The van der Waals surface area contributed by atoms with E-state index < -0.39 is 12.1 Å². The Hall–Kier alpha value is -1.13. The molecule has 0 aromatic carbocycles. The van der Waals surface area contributed by atoms with Gasteiger partial charge in [-0.15, -0.1) is 0 Å². The number of carbonyl (C=O) groups is 1. The van der Waals surface area contributed by atoms with Crippen molar-refractivity contribution in [1.82, 2.24) is 5.32 Å². The number of aliphatic hydroxyl groups excluding tert-OH is 2. The first-order valence-corrected chi connectivity index (χ1v) is 36.0. The van der Waals surface area contributed by atoms with Crippen LogP contribution >= 0.6 is 0 Å². The van der Waals surface area contributed by atoms with Gasteiger partial charge in [-0.3, -0.25) is 4.79 Å². The van der Waals surface area contributed by atoms with Gasteiger partial charge in [-0.1, -0.05) is 391 Å². The molecule has 0 saturated heterocycles. The Labute approximate surface area is 485 Å². The van der Waals surface area contributed by atoms with Crippen LogP contribution in [-0.4, -0.2) is 34.9 Å². The Morgan fingerprint density at radius 2 is 0.532 bits per heavy atom. The number of hydrogen-bond acceptors (Lipinski definition) is 3. The molecule has 77 heavy (non-hydrogen) atoms. The maximum atomic E-state index is 12.6.